The molecule has 1 aromatic carbocycles. The summed E-state index contributed by atoms with van der Waals surface area (Å²) in [6.45, 7) is 5.00. The first kappa shape index (κ1) is 14.3. The standard InChI is InChI=1S/C16H19FN2OS/c1-9-3-4-10(2)19(8-9)16(20)15-14(18)12-7-11(17)5-6-13(12)21-15/h5-7,9-10H,3-4,8,18H2,1-2H3. The molecule has 1 aliphatic rings. The quantitative estimate of drug-likeness (QED) is 0.869. The third-order valence-corrected chi connectivity index (χ3v) is 5.44. The molecule has 2 unspecified atom stereocenters. The zero-order chi connectivity index (χ0) is 15.1. The first-order valence-electron chi connectivity index (χ1n) is 7.26. The maximum absolute atomic E-state index is 13.3. The maximum atomic E-state index is 13.3. The maximum Gasteiger partial charge on any atom is 0.266 e. The van der Waals surface area contributed by atoms with E-state index in [1.165, 1.54) is 23.5 Å². The molecule has 1 fully saturated rings. The van der Waals surface area contributed by atoms with Crippen LogP contribution in [0.25, 0.3) is 10.1 Å². The number of nitrogens with two attached hydrogens (primary N) is 1. The first-order chi connectivity index (χ1) is 9.97. The summed E-state index contributed by atoms with van der Waals surface area (Å²) in [4.78, 5) is 15.2. The SMILES string of the molecule is CC1CCC(C)N(C(=O)c2sc3ccc(F)cc3c2N)C1. The molecule has 2 atom stereocenters. The van der Waals surface area contributed by atoms with Crippen molar-refractivity contribution >= 4 is 33.0 Å². The number of anilines is 1. The molecule has 0 saturated carbocycles. The van der Waals surface area contributed by atoms with Gasteiger partial charge in [-0.3, -0.25) is 4.79 Å². The summed E-state index contributed by atoms with van der Waals surface area (Å²) in [6, 6.07) is 4.72. The summed E-state index contributed by atoms with van der Waals surface area (Å²) in [5.74, 6) is 0.164. The number of benzene rings is 1. The van der Waals surface area contributed by atoms with Crippen LogP contribution in [0.3, 0.4) is 0 Å². The molecule has 3 nitrogen and oxygen atoms in total. The number of thiophene rings is 1. The van der Waals surface area contributed by atoms with E-state index in [1.807, 2.05) is 4.90 Å². The Morgan fingerprint density at radius 2 is 2.14 bits per heavy atom. The third-order valence-electron chi connectivity index (χ3n) is 4.26. The van der Waals surface area contributed by atoms with E-state index in [-0.39, 0.29) is 17.8 Å². The predicted octanol–water partition coefficient (Wildman–Crippen LogP) is 3.88. The molecule has 21 heavy (non-hydrogen) atoms. The molecule has 5 heteroatoms. The van der Waals surface area contributed by atoms with Crippen LogP contribution in [0, 0.1) is 11.7 Å². The average molecular weight is 306 g/mol. The summed E-state index contributed by atoms with van der Waals surface area (Å²) in [7, 11) is 0. The van der Waals surface area contributed by atoms with Crippen LogP contribution in [0.2, 0.25) is 0 Å². The first-order valence-corrected chi connectivity index (χ1v) is 8.07. The fourth-order valence-corrected chi connectivity index (χ4v) is 4.01. The van der Waals surface area contributed by atoms with Crippen LogP contribution >= 0.6 is 11.3 Å². The molecule has 1 amide bonds. The molecule has 0 radical (unpaired) electrons. The van der Waals surface area contributed by atoms with E-state index in [2.05, 4.69) is 13.8 Å². The van der Waals surface area contributed by atoms with Crippen LogP contribution in [-0.4, -0.2) is 23.4 Å². The predicted molar refractivity (Wildman–Crippen MR) is 85.1 cm³/mol. The second kappa shape index (κ2) is 5.30. The van der Waals surface area contributed by atoms with E-state index < -0.39 is 0 Å². The molecule has 1 aromatic heterocycles. The van der Waals surface area contributed by atoms with Gasteiger partial charge in [-0.1, -0.05) is 6.92 Å². The molecule has 2 heterocycles. The summed E-state index contributed by atoms with van der Waals surface area (Å²) in [5.41, 5.74) is 6.50. The Hall–Kier alpha value is -1.62. The van der Waals surface area contributed by atoms with Crippen LogP contribution in [0.4, 0.5) is 10.1 Å². The molecule has 112 valence electrons. The van der Waals surface area contributed by atoms with Crippen LogP contribution in [-0.2, 0) is 0 Å². The van der Waals surface area contributed by atoms with Gasteiger partial charge in [-0.05, 0) is 43.9 Å². The largest absolute Gasteiger partial charge is 0.397 e. The number of amides is 1. The number of rotatable bonds is 1. The number of carbonyl (C=O) groups excluding carboxylic acids is 1. The Morgan fingerprint density at radius 3 is 2.90 bits per heavy atom. The Balaban J connectivity index is 1.99. The highest BCUT2D eigenvalue weighted by Gasteiger charge is 2.30. The number of fused-ring (bicyclic) bond motifs is 1. The van der Waals surface area contributed by atoms with E-state index in [1.54, 1.807) is 6.07 Å². The van der Waals surface area contributed by atoms with Gasteiger partial charge < -0.3 is 10.6 Å². The number of hydrogen-bond donors (Lipinski definition) is 1. The zero-order valence-electron chi connectivity index (χ0n) is 12.2. The molecule has 0 aliphatic carbocycles. The van der Waals surface area contributed by atoms with Crippen LogP contribution < -0.4 is 5.73 Å². The number of hydrogen-bond acceptors (Lipinski definition) is 3. The lowest BCUT2D eigenvalue weighted by molar-refractivity contribution is 0.0580. The van der Waals surface area contributed by atoms with E-state index in [0.717, 1.165) is 24.1 Å². The number of carbonyl (C=O) groups is 1. The molecule has 1 saturated heterocycles. The lowest BCUT2D eigenvalue weighted by atomic mass is 9.95. The van der Waals surface area contributed by atoms with Gasteiger partial charge in [0.1, 0.15) is 10.7 Å². The van der Waals surface area contributed by atoms with Crippen molar-refractivity contribution in [3.05, 3.63) is 28.9 Å². The van der Waals surface area contributed by atoms with Crippen molar-refractivity contribution in [2.24, 2.45) is 5.92 Å². The van der Waals surface area contributed by atoms with Crippen molar-refractivity contribution in [1.29, 1.82) is 0 Å². The number of nitrogen functional groups attached to an aromatic ring is 1. The van der Waals surface area contributed by atoms with Gasteiger partial charge in [0.25, 0.3) is 5.91 Å². The average Bonchev–Trinajstić information content (AvgIpc) is 2.78. The minimum absolute atomic E-state index is 0.0202. The van der Waals surface area contributed by atoms with E-state index in [9.17, 15) is 9.18 Å². The van der Waals surface area contributed by atoms with Crippen molar-refractivity contribution in [3.8, 4) is 0 Å². The monoisotopic (exact) mass is 306 g/mol. The van der Waals surface area contributed by atoms with E-state index in [0.29, 0.717) is 21.9 Å². The molecule has 0 spiro atoms. The zero-order valence-corrected chi connectivity index (χ0v) is 13.0. The number of likely N-dealkylation sites (tertiary alicyclic amines) is 1. The molecule has 2 N–H and O–H groups in total. The molecular weight excluding hydrogens is 287 g/mol. The van der Waals surface area contributed by atoms with E-state index >= 15 is 0 Å². The van der Waals surface area contributed by atoms with Crippen molar-refractivity contribution in [3.63, 3.8) is 0 Å². The van der Waals surface area contributed by atoms with Gasteiger partial charge in [0.05, 0.1) is 5.69 Å². The summed E-state index contributed by atoms with van der Waals surface area (Å²) in [5, 5.41) is 0.640. The number of halogens is 1. The fourth-order valence-electron chi connectivity index (χ4n) is 2.95. The van der Waals surface area contributed by atoms with Crippen LogP contribution in [0.15, 0.2) is 18.2 Å². The van der Waals surface area contributed by atoms with Gasteiger partial charge in [-0.15, -0.1) is 11.3 Å². The topological polar surface area (TPSA) is 46.3 Å². The van der Waals surface area contributed by atoms with Crippen LogP contribution in [0.5, 0.6) is 0 Å². The lowest BCUT2D eigenvalue weighted by Gasteiger charge is -2.36. The Labute approximate surface area is 127 Å². The molecular formula is C16H19FN2OS. The number of nitrogens with zero attached hydrogens (tertiary/aromatic N) is 1. The second-order valence-corrected chi connectivity index (χ2v) is 7.03. The molecule has 3 rings (SSSR count). The highest BCUT2D eigenvalue weighted by Crippen LogP contribution is 2.36. The normalized spacial score (nSPS) is 22.7. The van der Waals surface area contributed by atoms with Crippen molar-refractivity contribution < 1.29 is 9.18 Å². The van der Waals surface area contributed by atoms with Crippen LogP contribution in [0.1, 0.15) is 36.4 Å². The Kier molecular flexibility index (Phi) is 3.61. The lowest BCUT2D eigenvalue weighted by Crippen LogP contribution is -2.44. The highest BCUT2D eigenvalue weighted by molar-refractivity contribution is 7.21. The van der Waals surface area contributed by atoms with Gasteiger partial charge in [0.15, 0.2) is 0 Å². The van der Waals surface area contributed by atoms with E-state index in [4.69, 9.17) is 5.73 Å². The number of piperidine rings is 1. The minimum Gasteiger partial charge on any atom is -0.397 e. The van der Waals surface area contributed by atoms with Gasteiger partial charge in [0, 0.05) is 22.7 Å². The fraction of sp³-hybridized carbons (Fsp3) is 0.438. The Morgan fingerprint density at radius 1 is 1.38 bits per heavy atom. The minimum atomic E-state index is -0.328. The van der Waals surface area contributed by atoms with Crippen molar-refractivity contribution in [2.45, 2.75) is 32.7 Å². The molecule has 2 aromatic rings. The van der Waals surface area contributed by atoms with Gasteiger partial charge in [-0.2, -0.15) is 0 Å². The highest BCUT2D eigenvalue weighted by atomic mass is 32.1. The molecule has 1 aliphatic heterocycles. The molecule has 0 bridgehead atoms. The Bertz CT molecular complexity index is 697. The summed E-state index contributed by atoms with van der Waals surface area (Å²) >= 11 is 1.35. The second-order valence-electron chi connectivity index (χ2n) is 5.97. The third kappa shape index (κ3) is 2.50. The van der Waals surface area contributed by atoms with Gasteiger partial charge >= 0.3 is 0 Å². The smallest absolute Gasteiger partial charge is 0.266 e. The summed E-state index contributed by atoms with van der Waals surface area (Å²) in [6.07, 6.45) is 2.17. The summed E-state index contributed by atoms with van der Waals surface area (Å²) < 4.78 is 14.2. The van der Waals surface area contributed by atoms with Gasteiger partial charge in [0.2, 0.25) is 0 Å². The van der Waals surface area contributed by atoms with Gasteiger partial charge in [-0.25, -0.2) is 4.39 Å². The van der Waals surface area contributed by atoms with Crippen molar-refractivity contribution in [1.82, 2.24) is 4.90 Å². The van der Waals surface area contributed by atoms with Crippen molar-refractivity contribution in [2.75, 3.05) is 12.3 Å².